The molecule has 0 aliphatic rings. The van der Waals surface area contributed by atoms with Gasteiger partial charge in [-0.15, -0.1) is 11.3 Å². The standard InChI is InChI=1S/C56H33N5S/c1-3-11-34(12-4-1)35-19-23-39(24-20-35)54-58-53(38-14-5-2-6-15-38)59-55(60-54)40-25-21-37(22-26-40)49-33-47-45-29-27-36-13-9-10-18-44(36)51(45)62-52(47)56-57-50-46-32-42-17-8-7-16-41(42)31-43(46)28-30-48(50)61(49)56/h1-33H. The number of aromatic nitrogens is 5. The van der Waals surface area contributed by atoms with E-state index in [1.54, 1.807) is 0 Å². The number of benzene rings is 9. The van der Waals surface area contributed by atoms with Gasteiger partial charge in [0.15, 0.2) is 23.1 Å². The van der Waals surface area contributed by atoms with E-state index in [1.807, 2.05) is 47.7 Å². The van der Waals surface area contributed by atoms with Crippen LogP contribution in [-0.4, -0.2) is 24.3 Å². The molecule has 62 heavy (non-hydrogen) atoms. The summed E-state index contributed by atoms with van der Waals surface area (Å²) in [5.74, 6) is 1.89. The van der Waals surface area contributed by atoms with E-state index >= 15 is 0 Å². The van der Waals surface area contributed by atoms with E-state index in [4.69, 9.17) is 19.9 Å². The lowest BCUT2D eigenvalue weighted by Gasteiger charge is -2.11. The molecule has 9 aromatic carbocycles. The molecule has 0 fully saturated rings. The maximum atomic E-state index is 5.55. The molecule has 0 N–H and O–H groups in total. The number of hydrogen-bond acceptors (Lipinski definition) is 5. The van der Waals surface area contributed by atoms with Crippen LogP contribution in [0.2, 0.25) is 0 Å². The van der Waals surface area contributed by atoms with Crippen LogP contribution in [0, 0.1) is 0 Å². The Labute approximate surface area is 359 Å². The molecule has 6 heteroatoms. The van der Waals surface area contributed by atoms with Crippen LogP contribution in [-0.2, 0) is 0 Å². The minimum Gasteiger partial charge on any atom is -0.291 e. The van der Waals surface area contributed by atoms with Crippen LogP contribution in [0.5, 0.6) is 0 Å². The van der Waals surface area contributed by atoms with Crippen molar-refractivity contribution in [1.29, 1.82) is 0 Å². The molecule has 5 nitrogen and oxygen atoms in total. The van der Waals surface area contributed by atoms with Crippen molar-refractivity contribution in [3.63, 3.8) is 0 Å². The smallest absolute Gasteiger partial charge is 0.164 e. The van der Waals surface area contributed by atoms with Gasteiger partial charge in [0.25, 0.3) is 0 Å². The average molecular weight is 808 g/mol. The number of imidazole rings is 1. The third-order valence-corrected chi connectivity index (χ3v) is 13.5. The van der Waals surface area contributed by atoms with Crippen molar-refractivity contribution in [3.8, 4) is 56.5 Å². The molecule has 0 aliphatic heterocycles. The second-order valence-electron chi connectivity index (χ2n) is 15.9. The molecule has 0 unspecified atom stereocenters. The van der Waals surface area contributed by atoms with Gasteiger partial charge in [-0.3, -0.25) is 4.40 Å². The Balaban J connectivity index is 0.999. The zero-order valence-electron chi connectivity index (χ0n) is 33.2. The van der Waals surface area contributed by atoms with E-state index < -0.39 is 0 Å². The van der Waals surface area contributed by atoms with Crippen molar-refractivity contribution in [2.45, 2.75) is 0 Å². The van der Waals surface area contributed by atoms with Crippen LogP contribution < -0.4 is 0 Å². The van der Waals surface area contributed by atoms with Crippen molar-refractivity contribution in [2.75, 3.05) is 0 Å². The lowest BCUT2D eigenvalue weighted by Crippen LogP contribution is -2.00. The SMILES string of the molecule is c1ccc(-c2ccc(-c3nc(-c4ccccc4)nc(-c4ccc(-c5cc6c7ccc8ccccc8c7sc6c6nc7c8cc9ccccc9cc8ccc7n56)cc4)n3)cc2)cc1. The molecule has 0 bridgehead atoms. The normalized spacial score (nSPS) is 11.9. The summed E-state index contributed by atoms with van der Waals surface area (Å²) in [6.45, 7) is 0. The fourth-order valence-corrected chi connectivity index (χ4v) is 10.4. The van der Waals surface area contributed by atoms with E-state index in [9.17, 15) is 0 Å². The monoisotopic (exact) mass is 807 g/mol. The van der Waals surface area contributed by atoms with Crippen molar-refractivity contribution in [3.05, 3.63) is 200 Å². The van der Waals surface area contributed by atoms with E-state index in [0.717, 1.165) is 55.6 Å². The van der Waals surface area contributed by atoms with Crippen LogP contribution in [0.25, 0.3) is 126 Å². The van der Waals surface area contributed by atoms with Gasteiger partial charge in [-0.05, 0) is 67.9 Å². The molecule has 0 amide bonds. The van der Waals surface area contributed by atoms with Gasteiger partial charge in [-0.1, -0.05) is 176 Å². The van der Waals surface area contributed by atoms with Crippen molar-refractivity contribution >= 4 is 80.5 Å². The number of rotatable bonds is 5. The van der Waals surface area contributed by atoms with Crippen LogP contribution in [0.1, 0.15) is 0 Å². The molecule has 0 spiro atoms. The van der Waals surface area contributed by atoms with Crippen LogP contribution in [0.3, 0.4) is 0 Å². The number of fused-ring (bicyclic) bond motifs is 12. The fraction of sp³-hybridized carbons (Fsp3) is 0. The minimum absolute atomic E-state index is 0.621. The Bertz CT molecular complexity index is 3890. The third kappa shape index (κ3) is 5.54. The quantitative estimate of drug-likeness (QED) is 0.163. The summed E-state index contributed by atoms with van der Waals surface area (Å²) in [5, 5.41) is 9.73. The summed E-state index contributed by atoms with van der Waals surface area (Å²) in [6.07, 6.45) is 0. The predicted molar refractivity (Wildman–Crippen MR) is 259 cm³/mol. The summed E-state index contributed by atoms with van der Waals surface area (Å²) in [4.78, 5) is 20.7. The maximum Gasteiger partial charge on any atom is 0.164 e. The Kier molecular flexibility index (Phi) is 7.71. The second kappa shape index (κ2) is 13.7. The molecule has 0 atom stereocenters. The molecular formula is C56H33N5S. The molecule has 13 aromatic rings. The zero-order valence-corrected chi connectivity index (χ0v) is 34.0. The Morgan fingerprint density at radius 3 is 1.55 bits per heavy atom. The molecule has 0 saturated carbocycles. The highest BCUT2D eigenvalue weighted by molar-refractivity contribution is 7.27. The highest BCUT2D eigenvalue weighted by Gasteiger charge is 2.21. The van der Waals surface area contributed by atoms with E-state index in [0.29, 0.717) is 17.5 Å². The fourth-order valence-electron chi connectivity index (χ4n) is 9.10. The van der Waals surface area contributed by atoms with Gasteiger partial charge in [0.2, 0.25) is 0 Å². The van der Waals surface area contributed by atoms with Crippen LogP contribution in [0.15, 0.2) is 200 Å². The predicted octanol–water partition coefficient (Wildman–Crippen LogP) is 14.8. The van der Waals surface area contributed by atoms with Crippen molar-refractivity contribution in [2.24, 2.45) is 0 Å². The van der Waals surface area contributed by atoms with Gasteiger partial charge in [0, 0.05) is 37.5 Å². The molecule has 0 aliphatic carbocycles. The third-order valence-electron chi connectivity index (χ3n) is 12.2. The first-order chi connectivity index (χ1) is 30.7. The topological polar surface area (TPSA) is 56.0 Å². The Morgan fingerprint density at radius 2 is 0.855 bits per heavy atom. The maximum absolute atomic E-state index is 5.55. The minimum atomic E-state index is 0.621. The Hall–Kier alpha value is -8.06. The van der Waals surface area contributed by atoms with Gasteiger partial charge < -0.3 is 0 Å². The molecule has 13 rings (SSSR count). The van der Waals surface area contributed by atoms with E-state index in [-0.39, 0.29) is 0 Å². The highest BCUT2D eigenvalue weighted by Crippen LogP contribution is 2.44. The summed E-state index contributed by atoms with van der Waals surface area (Å²) < 4.78 is 4.83. The highest BCUT2D eigenvalue weighted by atomic mass is 32.1. The first kappa shape index (κ1) is 34.8. The molecular weight excluding hydrogens is 775 g/mol. The Morgan fingerprint density at radius 1 is 0.323 bits per heavy atom. The number of hydrogen-bond donors (Lipinski definition) is 0. The van der Waals surface area contributed by atoms with E-state index in [2.05, 4.69) is 168 Å². The van der Waals surface area contributed by atoms with Crippen molar-refractivity contribution < 1.29 is 0 Å². The zero-order chi connectivity index (χ0) is 40.7. The van der Waals surface area contributed by atoms with Gasteiger partial charge >= 0.3 is 0 Å². The molecule has 0 radical (unpaired) electrons. The van der Waals surface area contributed by atoms with E-state index in [1.165, 1.54) is 52.7 Å². The number of pyridine rings is 1. The molecule has 288 valence electrons. The summed E-state index contributed by atoms with van der Waals surface area (Å²) in [7, 11) is 0. The van der Waals surface area contributed by atoms with Gasteiger partial charge in [0.1, 0.15) is 0 Å². The number of nitrogens with zero attached hydrogens (tertiary/aromatic N) is 5. The lowest BCUT2D eigenvalue weighted by molar-refractivity contribution is 1.07. The summed E-state index contributed by atoms with van der Waals surface area (Å²) in [6, 6.07) is 70.9. The first-order valence-corrected chi connectivity index (χ1v) is 21.6. The summed E-state index contributed by atoms with van der Waals surface area (Å²) in [5.41, 5.74) is 10.3. The number of thiophene rings is 1. The lowest BCUT2D eigenvalue weighted by atomic mass is 10.0. The van der Waals surface area contributed by atoms with Crippen molar-refractivity contribution in [1.82, 2.24) is 24.3 Å². The van der Waals surface area contributed by atoms with Gasteiger partial charge in [0.05, 0.1) is 21.4 Å². The molecule has 4 aromatic heterocycles. The van der Waals surface area contributed by atoms with Gasteiger partial charge in [-0.2, -0.15) is 0 Å². The molecule has 4 heterocycles. The largest absolute Gasteiger partial charge is 0.291 e. The second-order valence-corrected chi connectivity index (χ2v) is 16.9. The molecule has 0 saturated heterocycles. The summed E-state index contributed by atoms with van der Waals surface area (Å²) >= 11 is 1.84. The first-order valence-electron chi connectivity index (χ1n) is 20.8. The average Bonchev–Trinajstić information content (AvgIpc) is 3.93. The van der Waals surface area contributed by atoms with Crippen LogP contribution >= 0.6 is 11.3 Å². The van der Waals surface area contributed by atoms with Gasteiger partial charge in [-0.25, -0.2) is 19.9 Å². The van der Waals surface area contributed by atoms with Crippen LogP contribution in [0.4, 0.5) is 0 Å².